The highest BCUT2D eigenvalue weighted by Gasteiger charge is 2.22. The molecule has 0 aromatic heterocycles. The van der Waals surface area contributed by atoms with Crippen LogP contribution in [-0.4, -0.2) is 44.2 Å². The van der Waals surface area contributed by atoms with Gasteiger partial charge >= 0.3 is 0 Å². The predicted octanol–water partition coefficient (Wildman–Crippen LogP) is 3.20. The van der Waals surface area contributed by atoms with Crippen LogP contribution >= 0.6 is 0 Å². The first-order valence-electron chi connectivity index (χ1n) is 8.68. The quantitative estimate of drug-likeness (QED) is 0.842. The van der Waals surface area contributed by atoms with E-state index >= 15 is 0 Å². The fraction of sp³-hybridized carbons (Fsp3) is 0.579. The SMILES string of the molecule is C=C(C)C[C@H](c1ccc(N2CCCC2)cc1)N1CCNCC1. The van der Waals surface area contributed by atoms with Gasteiger partial charge in [-0.1, -0.05) is 17.7 Å². The maximum atomic E-state index is 4.15. The van der Waals surface area contributed by atoms with Crippen LogP contribution in [0.5, 0.6) is 0 Å². The Kier molecular flexibility index (Phi) is 5.16. The molecule has 0 saturated carbocycles. The van der Waals surface area contributed by atoms with Crippen LogP contribution in [0.15, 0.2) is 36.4 Å². The monoisotopic (exact) mass is 299 g/mol. The Bertz CT molecular complexity index is 482. The number of nitrogens with one attached hydrogen (secondary N) is 1. The molecular weight excluding hydrogens is 270 g/mol. The standard InChI is InChI=1S/C19H29N3/c1-16(2)15-19(22-13-9-20-10-14-22)17-5-7-18(8-6-17)21-11-3-4-12-21/h5-8,19-20H,1,3-4,9-15H2,2H3/t19-/m1/s1. The van der Waals surface area contributed by atoms with Gasteiger partial charge in [0.25, 0.3) is 0 Å². The fourth-order valence-corrected chi connectivity index (χ4v) is 3.66. The van der Waals surface area contributed by atoms with Gasteiger partial charge in [-0.15, -0.1) is 6.58 Å². The first-order valence-corrected chi connectivity index (χ1v) is 8.68. The van der Waals surface area contributed by atoms with Crippen LogP contribution in [0.1, 0.15) is 37.8 Å². The third kappa shape index (κ3) is 3.71. The molecule has 0 bridgehead atoms. The molecule has 0 amide bonds. The lowest BCUT2D eigenvalue weighted by Gasteiger charge is -2.35. The second-order valence-electron chi connectivity index (χ2n) is 6.75. The minimum absolute atomic E-state index is 0.479. The zero-order valence-electron chi connectivity index (χ0n) is 13.9. The summed E-state index contributed by atoms with van der Waals surface area (Å²) in [6, 6.07) is 9.78. The third-order valence-electron chi connectivity index (χ3n) is 4.88. The molecule has 0 spiro atoms. The maximum absolute atomic E-state index is 4.15. The molecule has 2 aliphatic rings. The largest absolute Gasteiger partial charge is 0.372 e. The summed E-state index contributed by atoms with van der Waals surface area (Å²) < 4.78 is 0. The summed E-state index contributed by atoms with van der Waals surface area (Å²) in [5.41, 5.74) is 4.09. The summed E-state index contributed by atoms with van der Waals surface area (Å²) in [5, 5.41) is 3.45. The summed E-state index contributed by atoms with van der Waals surface area (Å²) in [7, 11) is 0. The molecule has 0 radical (unpaired) electrons. The Morgan fingerprint density at radius 1 is 1.09 bits per heavy atom. The summed E-state index contributed by atoms with van der Waals surface area (Å²) in [6.45, 7) is 13.2. The van der Waals surface area contributed by atoms with Crippen molar-refractivity contribution in [1.82, 2.24) is 10.2 Å². The zero-order valence-corrected chi connectivity index (χ0v) is 13.9. The number of anilines is 1. The molecule has 120 valence electrons. The number of nitrogens with zero attached hydrogens (tertiary/aromatic N) is 2. The number of hydrogen-bond acceptors (Lipinski definition) is 3. The van der Waals surface area contributed by atoms with Crippen LogP contribution < -0.4 is 10.2 Å². The van der Waals surface area contributed by atoms with E-state index < -0.39 is 0 Å². The second-order valence-corrected chi connectivity index (χ2v) is 6.75. The molecule has 0 aliphatic carbocycles. The molecule has 2 fully saturated rings. The topological polar surface area (TPSA) is 18.5 Å². The Morgan fingerprint density at radius 3 is 2.32 bits per heavy atom. The van der Waals surface area contributed by atoms with E-state index in [0.717, 1.165) is 32.6 Å². The van der Waals surface area contributed by atoms with Gasteiger partial charge in [0.2, 0.25) is 0 Å². The number of hydrogen-bond donors (Lipinski definition) is 1. The van der Waals surface area contributed by atoms with Gasteiger partial charge in [0.15, 0.2) is 0 Å². The van der Waals surface area contributed by atoms with Crippen molar-refractivity contribution in [2.75, 3.05) is 44.2 Å². The highest BCUT2D eigenvalue weighted by molar-refractivity contribution is 5.48. The van der Waals surface area contributed by atoms with E-state index in [4.69, 9.17) is 0 Å². The molecule has 3 rings (SSSR count). The molecule has 1 aromatic carbocycles. The Labute approximate surface area is 135 Å². The molecule has 3 nitrogen and oxygen atoms in total. The molecule has 2 saturated heterocycles. The van der Waals surface area contributed by atoms with Crippen molar-refractivity contribution in [2.24, 2.45) is 0 Å². The van der Waals surface area contributed by atoms with Crippen LogP contribution in [0, 0.1) is 0 Å². The van der Waals surface area contributed by atoms with E-state index in [1.54, 1.807) is 0 Å². The van der Waals surface area contributed by atoms with Crippen molar-refractivity contribution in [1.29, 1.82) is 0 Å². The van der Waals surface area contributed by atoms with Crippen molar-refractivity contribution < 1.29 is 0 Å². The van der Waals surface area contributed by atoms with Crippen LogP contribution in [0.3, 0.4) is 0 Å². The summed E-state index contributed by atoms with van der Waals surface area (Å²) in [4.78, 5) is 5.11. The van der Waals surface area contributed by atoms with E-state index in [2.05, 4.69) is 52.9 Å². The minimum atomic E-state index is 0.479. The van der Waals surface area contributed by atoms with E-state index in [9.17, 15) is 0 Å². The van der Waals surface area contributed by atoms with Gasteiger partial charge < -0.3 is 10.2 Å². The third-order valence-corrected chi connectivity index (χ3v) is 4.88. The van der Waals surface area contributed by atoms with Crippen molar-refractivity contribution in [2.45, 2.75) is 32.2 Å². The number of rotatable bonds is 5. The summed E-state index contributed by atoms with van der Waals surface area (Å²) in [6.07, 6.45) is 3.73. The van der Waals surface area contributed by atoms with E-state index in [1.165, 1.54) is 42.8 Å². The van der Waals surface area contributed by atoms with Crippen molar-refractivity contribution in [3.05, 3.63) is 42.0 Å². The van der Waals surface area contributed by atoms with Crippen LogP contribution in [0.4, 0.5) is 5.69 Å². The molecule has 22 heavy (non-hydrogen) atoms. The molecule has 1 atom stereocenters. The molecule has 1 aromatic rings. The van der Waals surface area contributed by atoms with Crippen molar-refractivity contribution in [3.63, 3.8) is 0 Å². The number of piperazine rings is 1. The number of benzene rings is 1. The Hall–Kier alpha value is -1.32. The lowest BCUT2D eigenvalue weighted by Crippen LogP contribution is -2.45. The molecular formula is C19H29N3. The average molecular weight is 299 g/mol. The van der Waals surface area contributed by atoms with Crippen LogP contribution in [0.2, 0.25) is 0 Å². The second kappa shape index (κ2) is 7.30. The van der Waals surface area contributed by atoms with E-state index in [0.29, 0.717) is 6.04 Å². The van der Waals surface area contributed by atoms with Gasteiger partial charge in [0.1, 0.15) is 0 Å². The molecule has 3 heteroatoms. The first kappa shape index (κ1) is 15.6. The van der Waals surface area contributed by atoms with Crippen molar-refractivity contribution in [3.8, 4) is 0 Å². The van der Waals surface area contributed by atoms with E-state index in [1.807, 2.05) is 0 Å². The average Bonchev–Trinajstić information content (AvgIpc) is 3.08. The molecule has 1 N–H and O–H groups in total. The van der Waals surface area contributed by atoms with Gasteiger partial charge in [-0.05, 0) is 43.9 Å². The molecule has 0 unspecified atom stereocenters. The fourth-order valence-electron chi connectivity index (χ4n) is 3.66. The summed E-state index contributed by atoms with van der Waals surface area (Å²) >= 11 is 0. The van der Waals surface area contributed by atoms with Gasteiger partial charge in [0, 0.05) is 51.0 Å². The highest BCUT2D eigenvalue weighted by atomic mass is 15.2. The minimum Gasteiger partial charge on any atom is -0.372 e. The zero-order chi connectivity index (χ0) is 15.4. The Balaban J connectivity index is 1.75. The normalized spacial score (nSPS) is 21.0. The molecule has 2 aliphatic heterocycles. The van der Waals surface area contributed by atoms with Gasteiger partial charge in [0.05, 0.1) is 0 Å². The van der Waals surface area contributed by atoms with E-state index in [-0.39, 0.29) is 0 Å². The van der Waals surface area contributed by atoms with Gasteiger partial charge in [-0.2, -0.15) is 0 Å². The maximum Gasteiger partial charge on any atom is 0.0386 e. The van der Waals surface area contributed by atoms with Crippen molar-refractivity contribution >= 4 is 5.69 Å². The molecule has 2 heterocycles. The Morgan fingerprint density at radius 2 is 1.73 bits per heavy atom. The summed E-state index contributed by atoms with van der Waals surface area (Å²) in [5.74, 6) is 0. The smallest absolute Gasteiger partial charge is 0.0386 e. The first-order chi connectivity index (χ1) is 10.7. The highest BCUT2D eigenvalue weighted by Crippen LogP contribution is 2.29. The van der Waals surface area contributed by atoms with Crippen LogP contribution in [-0.2, 0) is 0 Å². The van der Waals surface area contributed by atoms with Gasteiger partial charge in [-0.3, -0.25) is 4.90 Å². The predicted molar refractivity (Wildman–Crippen MR) is 94.5 cm³/mol. The lowest BCUT2D eigenvalue weighted by atomic mass is 9.97. The lowest BCUT2D eigenvalue weighted by molar-refractivity contribution is 0.172. The van der Waals surface area contributed by atoms with Gasteiger partial charge in [-0.25, -0.2) is 0 Å². The van der Waals surface area contributed by atoms with Crippen LogP contribution in [0.25, 0.3) is 0 Å².